The molecule has 1 aliphatic carbocycles. The van der Waals surface area contributed by atoms with Gasteiger partial charge in [-0.05, 0) is 61.3 Å². The predicted octanol–water partition coefficient (Wildman–Crippen LogP) is 11.0. The highest BCUT2D eigenvalue weighted by atomic mass is 15.0. The van der Waals surface area contributed by atoms with E-state index in [4.69, 9.17) is 15.0 Å². The van der Waals surface area contributed by atoms with Crippen LogP contribution in [0.1, 0.15) is 0 Å². The molecule has 0 amide bonds. The Morgan fingerprint density at radius 3 is 1.22 bits per heavy atom. The molecule has 1 aromatic heterocycles. The lowest BCUT2D eigenvalue weighted by Crippen LogP contribution is -2.00. The topological polar surface area (TPSA) is 38.7 Å². The lowest BCUT2D eigenvalue weighted by atomic mass is 9.98. The lowest BCUT2D eigenvalue weighted by Gasteiger charge is -2.12. The first-order valence-corrected chi connectivity index (χ1v) is 15.5. The number of aromatic nitrogens is 3. The van der Waals surface area contributed by atoms with E-state index >= 15 is 0 Å². The van der Waals surface area contributed by atoms with Crippen LogP contribution in [0.15, 0.2) is 164 Å². The number of hydrogen-bond acceptors (Lipinski definition) is 3. The Balaban J connectivity index is 1.14. The molecule has 1 aliphatic rings. The minimum Gasteiger partial charge on any atom is -0.208 e. The molecule has 0 saturated carbocycles. The van der Waals surface area contributed by atoms with E-state index in [1.54, 1.807) is 0 Å². The van der Waals surface area contributed by atoms with E-state index in [2.05, 4.69) is 140 Å². The van der Waals surface area contributed by atoms with Gasteiger partial charge in [0.25, 0.3) is 0 Å². The normalized spacial score (nSPS) is 11.5. The summed E-state index contributed by atoms with van der Waals surface area (Å²) in [5.41, 5.74) is 12.7. The number of hydrogen-bond donors (Lipinski definition) is 0. The van der Waals surface area contributed by atoms with Gasteiger partial charge in [0.2, 0.25) is 0 Å². The van der Waals surface area contributed by atoms with E-state index in [-0.39, 0.29) is 0 Å². The first-order valence-electron chi connectivity index (χ1n) is 15.5. The van der Waals surface area contributed by atoms with E-state index in [1.807, 2.05) is 24.3 Å². The zero-order valence-corrected chi connectivity index (χ0v) is 24.9. The van der Waals surface area contributed by atoms with Gasteiger partial charge < -0.3 is 0 Å². The second kappa shape index (κ2) is 10.8. The average molecular weight is 586 g/mol. The van der Waals surface area contributed by atoms with Crippen molar-refractivity contribution < 1.29 is 0 Å². The highest BCUT2D eigenvalue weighted by Crippen LogP contribution is 2.49. The van der Waals surface area contributed by atoms with Crippen molar-refractivity contribution in [3.8, 4) is 78.7 Å². The average Bonchev–Trinajstić information content (AvgIpc) is 3.47. The third-order valence-electron chi connectivity index (χ3n) is 8.92. The quantitative estimate of drug-likeness (QED) is 0.202. The summed E-state index contributed by atoms with van der Waals surface area (Å²) in [5.74, 6) is 1.98. The van der Waals surface area contributed by atoms with Crippen LogP contribution in [0.2, 0.25) is 0 Å². The Bertz CT molecular complexity index is 2350. The van der Waals surface area contributed by atoms with E-state index in [1.165, 1.54) is 44.3 Å². The van der Waals surface area contributed by atoms with Gasteiger partial charge >= 0.3 is 0 Å². The van der Waals surface area contributed by atoms with Gasteiger partial charge in [-0.1, -0.05) is 158 Å². The van der Waals surface area contributed by atoms with E-state index < -0.39 is 0 Å². The van der Waals surface area contributed by atoms with Crippen molar-refractivity contribution in [1.29, 1.82) is 0 Å². The number of nitrogens with zero attached hydrogens (tertiary/aromatic N) is 3. The van der Waals surface area contributed by atoms with Crippen molar-refractivity contribution in [1.82, 2.24) is 15.0 Å². The van der Waals surface area contributed by atoms with Crippen LogP contribution in [0.25, 0.3) is 89.4 Å². The molecule has 214 valence electrons. The molecular formula is C43H27N3. The maximum atomic E-state index is 5.10. The van der Waals surface area contributed by atoms with Crippen molar-refractivity contribution in [3.05, 3.63) is 164 Å². The monoisotopic (exact) mass is 585 g/mol. The molecule has 3 heteroatoms. The third-order valence-corrected chi connectivity index (χ3v) is 8.92. The highest BCUT2D eigenvalue weighted by Gasteiger charge is 2.23. The molecule has 3 nitrogen and oxygen atoms in total. The number of rotatable bonds is 5. The van der Waals surface area contributed by atoms with Gasteiger partial charge in [0.15, 0.2) is 17.5 Å². The van der Waals surface area contributed by atoms with E-state index in [0.717, 1.165) is 27.6 Å². The summed E-state index contributed by atoms with van der Waals surface area (Å²) in [6, 6.07) is 57.4. The fourth-order valence-corrected chi connectivity index (χ4v) is 6.64. The fourth-order valence-electron chi connectivity index (χ4n) is 6.64. The van der Waals surface area contributed by atoms with Gasteiger partial charge in [-0.15, -0.1) is 0 Å². The lowest BCUT2D eigenvalue weighted by molar-refractivity contribution is 1.08. The molecule has 0 spiro atoms. The molecule has 0 radical (unpaired) electrons. The molecule has 9 rings (SSSR count). The molecule has 1 heterocycles. The van der Waals surface area contributed by atoms with Crippen molar-refractivity contribution in [2.75, 3.05) is 0 Å². The van der Waals surface area contributed by atoms with Crippen LogP contribution in [0.3, 0.4) is 0 Å². The summed E-state index contributed by atoms with van der Waals surface area (Å²) in [5, 5.41) is 2.41. The summed E-state index contributed by atoms with van der Waals surface area (Å²) in [6.45, 7) is 0. The maximum Gasteiger partial charge on any atom is 0.164 e. The van der Waals surface area contributed by atoms with Crippen molar-refractivity contribution in [2.24, 2.45) is 0 Å². The molecule has 0 unspecified atom stereocenters. The van der Waals surface area contributed by atoms with Gasteiger partial charge in [-0.2, -0.15) is 0 Å². The first kappa shape index (κ1) is 26.2. The number of benzene rings is 7. The minimum atomic E-state index is 0.654. The Kier molecular flexibility index (Phi) is 6.14. The summed E-state index contributed by atoms with van der Waals surface area (Å²) >= 11 is 0. The van der Waals surface area contributed by atoms with Gasteiger partial charge in [0.1, 0.15) is 0 Å². The second-order valence-corrected chi connectivity index (χ2v) is 11.6. The zero-order valence-electron chi connectivity index (χ0n) is 24.9. The molecular weight excluding hydrogens is 558 g/mol. The molecule has 7 aromatic carbocycles. The standard InChI is InChI=1S/C43H27N3/c1-3-10-28(11-4-1)29-18-20-30(21-19-29)31-22-24-33(25-23-31)42-44-41(32-12-5-2-6-13-32)45-43(46-42)39-27-26-38-35-15-8-7-14-34(35)36-16-9-17-37(39)40(36)38/h1-27H. The van der Waals surface area contributed by atoms with Crippen LogP contribution in [0.5, 0.6) is 0 Å². The molecule has 8 aromatic rings. The van der Waals surface area contributed by atoms with Crippen LogP contribution in [0.4, 0.5) is 0 Å². The van der Waals surface area contributed by atoms with Crippen molar-refractivity contribution in [3.63, 3.8) is 0 Å². The van der Waals surface area contributed by atoms with Gasteiger partial charge in [0, 0.05) is 16.7 Å². The molecule has 0 bridgehead atoms. The molecule has 0 fully saturated rings. The Morgan fingerprint density at radius 1 is 0.239 bits per heavy atom. The van der Waals surface area contributed by atoms with Crippen LogP contribution in [-0.2, 0) is 0 Å². The molecule has 0 N–H and O–H groups in total. The zero-order chi connectivity index (χ0) is 30.5. The Morgan fingerprint density at radius 2 is 0.630 bits per heavy atom. The van der Waals surface area contributed by atoms with E-state index in [9.17, 15) is 0 Å². The van der Waals surface area contributed by atoms with Crippen LogP contribution in [0, 0.1) is 0 Å². The minimum absolute atomic E-state index is 0.654. The molecule has 0 saturated heterocycles. The largest absolute Gasteiger partial charge is 0.208 e. The van der Waals surface area contributed by atoms with Gasteiger partial charge in [-0.3, -0.25) is 0 Å². The van der Waals surface area contributed by atoms with Crippen molar-refractivity contribution >= 4 is 10.8 Å². The predicted molar refractivity (Wildman–Crippen MR) is 189 cm³/mol. The van der Waals surface area contributed by atoms with Gasteiger partial charge in [0.05, 0.1) is 0 Å². The van der Waals surface area contributed by atoms with Gasteiger partial charge in [-0.25, -0.2) is 15.0 Å². The SMILES string of the molecule is c1ccc(-c2ccc(-c3ccc(-c4nc(-c5ccccc5)nc(-c5ccc6c7c(cccc57)-c5ccccc5-6)n4)cc3)cc2)cc1. The van der Waals surface area contributed by atoms with Crippen LogP contribution >= 0.6 is 0 Å². The highest BCUT2D eigenvalue weighted by molar-refractivity contribution is 6.18. The Hall–Kier alpha value is -6.19. The third kappa shape index (κ3) is 4.41. The first-order chi connectivity index (χ1) is 22.8. The van der Waals surface area contributed by atoms with Crippen LogP contribution < -0.4 is 0 Å². The summed E-state index contributed by atoms with van der Waals surface area (Å²) in [7, 11) is 0. The maximum absolute atomic E-state index is 5.10. The molecule has 46 heavy (non-hydrogen) atoms. The summed E-state index contributed by atoms with van der Waals surface area (Å²) in [6.07, 6.45) is 0. The van der Waals surface area contributed by atoms with Crippen molar-refractivity contribution in [2.45, 2.75) is 0 Å². The fraction of sp³-hybridized carbons (Fsp3) is 0. The number of fused-ring (bicyclic) bond motifs is 3. The van der Waals surface area contributed by atoms with Crippen LogP contribution in [-0.4, -0.2) is 15.0 Å². The molecule has 0 atom stereocenters. The summed E-state index contributed by atoms with van der Waals surface area (Å²) < 4.78 is 0. The smallest absolute Gasteiger partial charge is 0.164 e. The second-order valence-electron chi connectivity index (χ2n) is 11.6. The van der Waals surface area contributed by atoms with E-state index in [0.29, 0.717) is 17.5 Å². The summed E-state index contributed by atoms with van der Waals surface area (Å²) in [4.78, 5) is 15.1. The molecule has 0 aliphatic heterocycles. The Labute approximate surface area is 267 Å².